The lowest BCUT2D eigenvalue weighted by atomic mass is 10.3. The molecule has 2 aromatic rings. The van der Waals surface area contributed by atoms with Crippen molar-refractivity contribution in [2.75, 3.05) is 5.73 Å². The topological polar surface area (TPSA) is 56.7 Å². The molecule has 4 nitrogen and oxygen atoms in total. The van der Waals surface area contributed by atoms with Crippen molar-refractivity contribution in [1.29, 1.82) is 0 Å². The highest BCUT2D eigenvalue weighted by Crippen LogP contribution is 2.29. The summed E-state index contributed by atoms with van der Waals surface area (Å²) >= 11 is 1.53. The van der Waals surface area contributed by atoms with E-state index in [0.717, 1.165) is 15.6 Å². The summed E-state index contributed by atoms with van der Waals surface area (Å²) in [5.41, 5.74) is 7.50. The van der Waals surface area contributed by atoms with Crippen LogP contribution in [0.5, 0.6) is 0 Å². The van der Waals surface area contributed by atoms with E-state index in [-0.39, 0.29) is 0 Å². The van der Waals surface area contributed by atoms with Crippen molar-refractivity contribution in [2.24, 2.45) is 7.05 Å². The molecule has 0 atom stereocenters. The summed E-state index contributed by atoms with van der Waals surface area (Å²) in [5.74, 6) is 0. The van der Waals surface area contributed by atoms with E-state index in [1.165, 1.54) is 11.8 Å². The van der Waals surface area contributed by atoms with Gasteiger partial charge < -0.3 is 5.73 Å². The molecule has 0 spiro atoms. The van der Waals surface area contributed by atoms with Crippen molar-refractivity contribution in [3.05, 3.63) is 30.2 Å². The van der Waals surface area contributed by atoms with Crippen molar-refractivity contribution in [1.82, 2.24) is 14.8 Å². The van der Waals surface area contributed by atoms with Crippen molar-refractivity contribution >= 4 is 17.4 Å². The molecule has 0 aliphatic heterocycles. The number of rotatable bonds is 2. The molecule has 15 heavy (non-hydrogen) atoms. The molecule has 0 fully saturated rings. The molecule has 0 saturated carbocycles. The third kappa shape index (κ3) is 2.30. The summed E-state index contributed by atoms with van der Waals surface area (Å²) < 4.78 is 1.76. The van der Waals surface area contributed by atoms with Gasteiger partial charge in [-0.3, -0.25) is 4.68 Å². The molecular formula is C10H12N4S. The lowest BCUT2D eigenvalue weighted by Gasteiger charge is -2.03. The third-order valence-corrected chi connectivity index (χ3v) is 2.89. The maximum atomic E-state index is 5.83. The van der Waals surface area contributed by atoms with E-state index < -0.39 is 0 Å². The Morgan fingerprint density at radius 1 is 1.40 bits per heavy atom. The normalized spacial score (nSPS) is 10.5. The Morgan fingerprint density at radius 3 is 2.87 bits per heavy atom. The summed E-state index contributed by atoms with van der Waals surface area (Å²) in [5, 5.41) is 4.93. The van der Waals surface area contributed by atoms with Gasteiger partial charge in [0.15, 0.2) is 0 Å². The van der Waals surface area contributed by atoms with E-state index in [4.69, 9.17) is 5.73 Å². The number of hydrogen-bond donors (Lipinski definition) is 1. The molecule has 2 heterocycles. The molecule has 0 radical (unpaired) electrons. The molecule has 0 saturated heterocycles. The fourth-order valence-electron chi connectivity index (χ4n) is 1.19. The van der Waals surface area contributed by atoms with Gasteiger partial charge in [-0.2, -0.15) is 5.10 Å². The first kappa shape index (κ1) is 10.0. The van der Waals surface area contributed by atoms with Gasteiger partial charge in [-0.25, -0.2) is 4.98 Å². The van der Waals surface area contributed by atoms with Crippen molar-refractivity contribution < 1.29 is 0 Å². The van der Waals surface area contributed by atoms with Crippen molar-refractivity contribution in [2.45, 2.75) is 16.8 Å². The maximum Gasteiger partial charge on any atom is 0.124 e. The van der Waals surface area contributed by atoms with Crippen LogP contribution in [0.1, 0.15) is 5.69 Å². The zero-order valence-electron chi connectivity index (χ0n) is 8.64. The number of aromatic nitrogens is 3. The van der Waals surface area contributed by atoms with Crippen molar-refractivity contribution in [3.63, 3.8) is 0 Å². The summed E-state index contributed by atoms with van der Waals surface area (Å²) in [4.78, 5) is 5.42. The predicted octanol–water partition coefficient (Wildman–Crippen LogP) is 1.86. The van der Waals surface area contributed by atoms with Gasteiger partial charge in [-0.05, 0) is 19.1 Å². The smallest absolute Gasteiger partial charge is 0.124 e. The molecule has 0 aromatic carbocycles. The average Bonchev–Trinajstić information content (AvgIpc) is 2.58. The van der Waals surface area contributed by atoms with Crippen LogP contribution in [0.15, 0.2) is 34.4 Å². The molecule has 0 amide bonds. The first-order valence-corrected chi connectivity index (χ1v) is 5.36. The summed E-state index contributed by atoms with van der Waals surface area (Å²) in [6.45, 7) is 1.95. The van der Waals surface area contributed by atoms with Crippen molar-refractivity contribution in [3.8, 4) is 0 Å². The summed E-state index contributed by atoms with van der Waals surface area (Å²) in [6.07, 6.45) is 3.74. The number of nitrogens with zero attached hydrogens (tertiary/aromatic N) is 3. The van der Waals surface area contributed by atoms with Crippen LogP contribution in [0.4, 0.5) is 5.69 Å². The fourth-order valence-corrected chi connectivity index (χ4v) is 2.09. The van der Waals surface area contributed by atoms with Gasteiger partial charge >= 0.3 is 0 Å². The first-order valence-electron chi connectivity index (χ1n) is 4.55. The van der Waals surface area contributed by atoms with Crippen LogP contribution in [0.3, 0.4) is 0 Å². The molecule has 0 aliphatic carbocycles. The quantitative estimate of drug-likeness (QED) is 0.839. The Hall–Kier alpha value is -1.49. The Bertz CT molecular complexity index is 478. The highest BCUT2D eigenvalue weighted by Gasteiger charge is 2.05. The zero-order valence-corrected chi connectivity index (χ0v) is 9.45. The highest BCUT2D eigenvalue weighted by molar-refractivity contribution is 7.99. The lowest BCUT2D eigenvalue weighted by molar-refractivity contribution is 0.766. The van der Waals surface area contributed by atoms with Crippen LogP contribution in [-0.4, -0.2) is 14.8 Å². The van der Waals surface area contributed by atoms with E-state index in [1.807, 2.05) is 32.3 Å². The second-order valence-corrected chi connectivity index (χ2v) is 4.36. The van der Waals surface area contributed by atoms with Gasteiger partial charge in [0, 0.05) is 18.9 Å². The van der Waals surface area contributed by atoms with Gasteiger partial charge in [0.2, 0.25) is 0 Å². The van der Waals surface area contributed by atoms with Gasteiger partial charge in [0.25, 0.3) is 0 Å². The first-order chi connectivity index (χ1) is 7.15. The largest absolute Gasteiger partial charge is 0.397 e. The number of pyridine rings is 1. The van der Waals surface area contributed by atoms with E-state index in [9.17, 15) is 0 Å². The minimum Gasteiger partial charge on any atom is -0.397 e. The molecule has 5 heteroatoms. The molecule has 2 aromatic heterocycles. The minimum atomic E-state index is 0.703. The number of anilines is 1. The van der Waals surface area contributed by atoms with Crippen LogP contribution in [0.25, 0.3) is 0 Å². The second kappa shape index (κ2) is 3.94. The molecule has 2 rings (SSSR count). The standard InChI is InChI=1S/C10H12N4S/c1-7-3-4-9(11)10(13-7)15-8-5-12-14(2)6-8/h3-6H,11H2,1-2H3. The van der Waals surface area contributed by atoms with Crippen LogP contribution >= 0.6 is 11.8 Å². The van der Waals surface area contributed by atoms with E-state index in [2.05, 4.69) is 10.1 Å². The average molecular weight is 220 g/mol. The Labute approximate surface area is 92.5 Å². The molecule has 0 aliphatic rings. The maximum absolute atomic E-state index is 5.83. The lowest BCUT2D eigenvalue weighted by Crippen LogP contribution is -1.92. The summed E-state index contributed by atoms with van der Waals surface area (Å²) in [6, 6.07) is 3.78. The number of hydrogen-bond acceptors (Lipinski definition) is 4. The number of aryl methyl sites for hydroxylation is 2. The molecular weight excluding hydrogens is 208 g/mol. The van der Waals surface area contributed by atoms with Gasteiger partial charge in [-0.1, -0.05) is 11.8 Å². The van der Waals surface area contributed by atoms with E-state index in [0.29, 0.717) is 5.69 Å². The van der Waals surface area contributed by atoms with Gasteiger partial charge in [0.1, 0.15) is 5.03 Å². The highest BCUT2D eigenvalue weighted by atomic mass is 32.2. The Morgan fingerprint density at radius 2 is 2.20 bits per heavy atom. The molecule has 0 bridgehead atoms. The molecule has 78 valence electrons. The van der Waals surface area contributed by atoms with Gasteiger partial charge in [0.05, 0.1) is 16.8 Å². The van der Waals surface area contributed by atoms with E-state index in [1.54, 1.807) is 10.9 Å². The Balaban J connectivity index is 2.27. The summed E-state index contributed by atoms with van der Waals surface area (Å²) in [7, 11) is 1.89. The van der Waals surface area contributed by atoms with E-state index >= 15 is 0 Å². The SMILES string of the molecule is Cc1ccc(N)c(Sc2cnn(C)c2)n1. The Kier molecular flexibility index (Phi) is 2.64. The molecule has 2 N–H and O–H groups in total. The van der Waals surface area contributed by atoms with Crippen LogP contribution in [0, 0.1) is 6.92 Å². The van der Waals surface area contributed by atoms with Crippen LogP contribution in [-0.2, 0) is 7.05 Å². The van der Waals surface area contributed by atoms with Crippen LogP contribution < -0.4 is 5.73 Å². The zero-order chi connectivity index (χ0) is 10.8. The number of nitrogen functional groups attached to an aromatic ring is 1. The number of nitrogens with two attached hydrogens (primary N) is 1. The third-order valence-electron chi connectivity index (χ3n) is 1.92. The minimum absolute atomic E-state index is 0.703. The molecule has 0 unspecified atom stereocenters. The monoisotopic (exact) mass is 220 g/mol. The van der Waals surface area contributed by atoms with Crippen LogP contribution in [0.2, 0.25) is 0 Å². The fraction of sp³-hybridized carbons (Fsp3) is 0.200. The second-order valence-electron chi connectivity index (χ2n) is 3.30. The predicted molar refractivity (Wildman–Crippen MR) is 60.7 cm³/mol. The van der Waals surface area contributed by atoms with Gasteiger partial charge in [-0.15, -0.1) is 0 Å².